The van der Waals surface area contributed by atoms with Crippen molar-refractivity contribution in [2.75, 3.05) is 0 Å². The second kappa shape index (κ2) is 14.7. The zero-order chi connectivity index (χ0) is 41.0. The average Bonchev–Trinajstić information content (AvgIpc) is 3.88. The predicted octanol–water partition coefficient (Wildman–Crippen LogP) is 14.4. The Morgan fingerprint density at radius 1 is 0.242 bits per heavy atom. The van der Waals surface area contributed by atoms with Gasteiger partial charge in [-0.1, -0.05) is 170 Å². The van der Waals surface area contributed by atoms with E-state index in [9.17, 15) is 0 Å². The number of aromatic nitrogens is 5. The molecule has 0 spiro atoms. The molecule has 0 aliphatic carbocycles. The average molecular weight is 792 g/mol. The van der Waals surface area contributed by atoms with Crippen molar-refractivity contribution in [1.29, 1.82) is 0 Å². The van der Waals surface area contributed by atoms with Gasteiger partial charge in [0.1, 0.15) is 0 Å². The van der Waals surface area contributed by atoms with E-state index in [4.69, 9.17) is 15.0 Å². The van der Waals surface area contributed by atoms with Gasteiger partial charge in [-0.3, -0.25) is 0 Å². The number of para-hydroxylation sites is 2. The molecule has 9 aromatic carbocycles. The summed E-state index contributed by atoms with van der Waals surface area (Å²) < 4.78 is 4.79. The molecule has 12 rings (SSSR count). The molecule has 0 unspecified atom stereocenters. The maximum Gasteiger partial charge on any atom is 0.164 e. The number of nitrogens with zero attached hydrogens (tertiary/aromatic N) is 5. The van der Waals surface area contributed by atoms with E-state index in [2.05, 4.69) is 209 Å². The highest BCUT2D eigenvalue weighted by atomic mass is 15.0. The normalized spacial score (nSPS) is 11.5. The van der Waals surface area contributed by atoms with Crippen LogP contribution in [0.1, 0.15) is 0 Å². The Bertz CT molecular complexity index is 3610. The van der Waals surface area contributed by atoms with Crippen molar-refractivity contribution < 1.29 is 0 Å². The summed E-state index contributed by atoms with van der Waals surface area (Å²) in [4.78, 5) is 15.4. The summed E-state index contributed by atoms with van der Waals surface area (Å²) in [5, 5.41) is 4.89. The van der Waals surface area contributed by atoms with E-state index in [0.717, 1.165) is 50.2 Å². The maximum absolute atomic E-state index is 5.18. The highest BCUT2D eigenvalue weighted by Gasteiger charge is 2.21. The molecule has 3 aromatic heterocycles. The van der Waals surface area contributed by atoms with Crippen LogP contribution in [-0.4, -0.2) is 24.1 Å². The first-order valence-corrected chi connectivity index (χ1v) is 20.9. The van der Waals surface area contributed by atoms with Gasteiger partial charge < -0.3 is 9.13 Å². The van der Waals surface area contributed by atoms with Crippen molar-refractivity contribution in [1.82, 2.24) is 24.1 Å². The first-order chi connectivity index (χ1) is 30.7. The van der Waals surface area contributed by atoms with Crippen LogP contribution < -0.4 is 0 Å². The molecule has 0 bridgehead atoms. The monoisotopic (exact) mass is 791 g/mol. The second-order valence-corrected chi connectivity index (χ2v) is 15.6. The number of hydrogen-bond acceptors (Lipinski definition) is 3. The lowest BCUT2D eigenvalue weighted by atomic mass is 10.0. The second-order valence-electron chi connectivity index (χ2n) is 15.6. The predicted molar refractivity (Wildman–Crippen MR) is 256 cm³/mol. The maximum atomic E-state index is 5.18. The number of benzene rings is 9. The minimum Gasteiger partial charge on any atom is -0.309 e. The third-order valence-electron chi connectivity index (χ3n) is 12.0. The van der Waals surface area contributed by atoms with Crippen molar-refractivity contribution >= 4 is 43.6 Å². The molecule has 0 saturated carbocycles. The Morgan fingerprint density at radius 3 is 1.23 bits per heavy atom. The van der Waals surface area contributed by atoms with Crippen LogP contribution in [0.25, 0.3) is 111 Å². The zero-order valence-corrected chi connectivity index (χ0v) is 33.6. The van der Waals surface area contributed by atoms with E-state index in [1.54, 1.807) is 0 Å². The smallest absolute Gasteiger partial charge is 0.164 e. The fourth-order valence-corrected chi connectivity index (χ4v) is 9.11. The van der Waals surface area contributed by atoms with Gasteiger partial charge in [0.15, 0.2) is 17.5 Å². The number of hydrogen-bond donors (Lipinski definition) is 0. The molecule has 0 saturated heterocycles. The number of fused-ring (bicyclic) bond motifs is 7. The lowest BCUT2D eigenvalue weighted by molar-refractivity contribution is 1.07. The van der Waals surface area contributed by atoms with Crippen molar-refractivity contribution in [3.05, 3.63) is 224 Å². The molecule has 290 valence electrons. The largest absolute Gasteiger partial charge is 0.309 e. The van der Waals surface area contributed by atoms with Crippen LogP contribution in [-0.2, 0) is 0 Å². The third-order valence-corrected chi connectivity index (χ3v) is 12.0. The molecule has 3 heterocycles. The molecule has 0 aliphatic rings. The van der Waals surface area contributed by atoms with Gasteiger partial charge in [-0.15, -0.1) is 0 Å². The van der Waals surface area contributed by atoms with E-state index in [1.165, 1.54) is 43.7 Å². The Labute approximate surface area is 358 Å². The van der Waals surface area contributed by atoms with Crippen molar-refractivity contribution in [2.24, 2.45) is 0 Å². The summed E-state index contributed by atoms with van der Waals surface area (Å²) >= 11 is 0. The first kappa shape index (κ1) is 35.5. The summed E-state index contributed by atoms with van der Waals surface area (Å²) in [6.45, 7) is 0. The lowest BCUT2D eigenvalue weighted by Crippen LogP contribution is -2.01. The molecule has 0 radical (unpaired) electrons. The Hall–Kier alpha value is -8.41. The Morgan fingerprint density at radius 2 is 0.645 bits per heavy atom. The van der Waals surface area contributed by atoms with Gasteiger partial charge in [0.05, 0.1) is 22.1 Å². The molecule has 62 heavy (non-hydrogen) atoms. The van der Waals surface area contributed by atoms with Gasteiger partial charge in [-0.05, 0) is 76.9 Å². The molecule has 12 aromatic rings. The van der Waals surface area contributed by atoms with Crippen molar-refractivity contribution in [3.63, 3.8) is 0 Å². The van der Waals surface area contributed by atoms with Gasteiger partial charge >= 0.3 is 0 Å². The summed E-state index contributed by atoms with van der Waals surface area (Å²) in [6.07, 6.45) is 0. The topological polar surface area (TPSA) is 48.5 Å². The van der Waals surface area contributed by atoms with Crippen LogP contribution in [0, 0.1) is 0 Å². The first-order valence-electron chi connectivity index (χ1n) is 20.9. The van der Waals surface area contributed by atoms with Crippen LogP contribution in [0.5, 0.6) is 0 Å². The molecule has 0 aliphatic heterocycles. The molecular weight excluding hydrogens is 755 g/mol. The van der Waals surface area contributed by atoms with Crippen LogP contribution >= 0.6 is 0 Å². The minimum absolute atomic E-state index is 0.616. The van der Waals surface area contributed by atoms with E-state index < -0.39 is 0 Å². The molecule has 0 amide bonds. The van der Waals surface area contributed by atoms with E-state index in [0.29, 0.717) is 17.5 Å². The molecule has 0 atom stereocenters. The SMILES string of the molecule is c1ccc(-c2ccc(-n3c4ccccc4c4c5c6ccccc6n(-c6cccc(-c7nc(-c8ccccc8)nc(-c8cccc(-c9ccccc9)c8)n7)c6)c5ccc43)cc2)cc1. The van der Waals surface area contributed by atoms with Crippen LogP contribution in [0.4, 0.5) is 0 Å². The van der Waals surface area contributed by atoms with E-state index in [1.807, 2.05) is 24.3 Å². The molecular formula is C57H37N5. The quantitative estimate of drug-likeness (QED) is 0.162. The Kier molecular flexibility index (Phi) is 8.42. The van der Waals surface area contributed by atoms with Gasteiger partial charge in [-0.25, -0.2) is 15.0 Å². The fourth-order valence-electron chi connectivity index (χ4n) is 9.11. The Balaban J connectivity index is 1.03. The summed E-state index contributed by atoms with van der Waals surface area (Å²) in [7, 11) is 0. The van der Waals surface area contributed by atoms with Gasteiger partial charge in [0.2, 0.25) is 0 Å². The highest BCUT2D eigenvalue weighted by molar-refractivity contribution is 6.28. The zero-order valence-electron chi connectivity index (χ0n) is 33.6. The van der Waals surface area contributed by atoms with E-state index >= 15 is 0 Å². The minimum atomic E-state index is 0.616. The highest BCUT2D eigenvalue weighted by Crippen LogP contribution is 2.43. The van der Waals surface area contributed by atoms with Crippen LogP contribution in [0.2, 0.25) is 0 Å². The van der Waals surface area contributed by atoms with E-state index in [-0.39, 0.29) is 0 Å². The van der Waals surface area contributed by atoms with Crippen molar-refractivity contribution in [2.45, 2.75) is 0 Å². The third kappa shape index (κ3) is 5.98. The van der Waals surface area contributed by atoms with Gasteiger partial charge in [-0.2, -0.15) is 0 Å². The van der Waals surface area contributed by atoms with Gasteiger partial charge in [0, 0.05) is 49.6 Å². The summed E-state index contributed by atoms with van der Waals surface area (Å²) in [5.41, 5.74) is 14.2. The van der Waals surface area contributed by atoms with Crippen molar-refractivity contribution in [3.8, 4) is 67.8 Å². The lowest BCUT2D eigenvalue weighted by Gasteiger charge is -2.12. The van der Waals surface area contributed by atoms with Crippen LogP contribution in [0.3, 0.4) is 0 Å². The molecule has 5 heteroatoms. The van der Waals surface area contributed by atoms with Crippen LogP contribution in [0.15, 0.2) is 224 Å². The molecule has 0 N–H and O–H groups in total. The standard InChI is InChI=1S/C57H37N5/c1-4-16-38(17-5-1)40-30-32-45(33-31-40)61-49-28-12-10-26-47(49)53-51(61)34-35-52-54(53)48-27-11-13-29-50(48)62(52)46-25-15-24-44(37-46)57-59-55(41-20-8-3-9-21-41)58-56(60-57)43-23-14-22-42(36-43)39-18-6-2-7-19-39/h1-37H. The molecule has 5 nitrogen and oxygen atoms in total. The summed E-state index contributed by atoms with van der Waals surface area (Å²) in [5.74, 6) is 1.87. The summed E-state index contributed by atoms with van der Waals surface area (Å²) in [6, 6.07) is 79.2. The fraction of sp³-hybridized carbons (Fsp3) is 0. The molecule has 0 fully saturated rings. The number of rotatable bonds is 7. The van der Waals surface area contributed by atoms with Gasteiger partial charge in [0.25, 0.3) is 0 Å².